The number of carbonyl (C=O) groups excluding carboxylic acids is 1. The van der Waals surface area contributed by atoms with Gasteiger partial charge in [-0.2, -0.15) is 0 Å². The summed E-state index contributed by atoms with van der Waals surface area (Å²) in [6.45, 7) is 3.35. The number of rotatable bonds is 7. The normalized spacial score (nSPS) is 19.7. The number of carbonyl (C=O) groups is 1. The van der Waals surface area contributed by atoms with E-state index in [0.29, 0.717) is 36.6 Å². The van der Waals surface area contributed by atoms with E-state index in [-0.39, 0.29) is 5.91 Å². The largest absolute Gasteiger partial charge is 0.355 e. The molecule has 0 radical (unpaired) electrons. The third-order valence-electron chi connectivity index (χ3n) is 7.40. The first-order chi connectivity index (χ1) is 17.2. The van der Waals surface area contributed by atoms with E-state index in [9.17, 15) is 4.79 Å². The zero-order valence-corrected chi connectivity index (χ0v) is 20.5. The van der Waals surface area contributed by atoms with Crippen LogP contribution in [-0.2, 0) is 11.3 Å². The minimum Gasteiger partial charge on any atom is -0.355 e. The molecule has 3 aromatic carbocycles. The number of aryl methyl sites for hydroxylation is 1. The van der Waals surface area contributed by atoms with Crippen molar-refractivity contribution in [2.75, 3.05) is 12.3 Å². The summed E-state index contributed by atoms with van der Waals surface area (Å²) in [5.74, 6) is 2.40. The van der Waals surface area contributed by atoms with Crippen LogP contribution >= 0.6 is 11.8 Å². The molecule has 7 rings (SSSR count). The second-order valence-electron chi connectivity index (χ2n) is 9.48. The molecule has 1 atom stereocenters. The monoisotopic (exact) mass is 480 g/mol. The Bertz CT molecular complexity index is 1320. The van der Waals surface area contributed by atoms with Crippen molar-refractivity contribution in [3.63, 3.8) is 0 Å². The van der Waals surface area contributed by atoms with Gasteiger partial charge >= 0.3 is 0 Å². The van der Waals surface area contributed by atoms with Gasteiger partial charge in [-0.05, 0) is 47.1 Å². The zero-order chi connectivity index (χ0) is 23.8. The lowest BCUT2D eigenvalue weighted by atomic mass is 9.59. The maximum absolute atomic E-state index is 12.8. The van der Waals surface area contributed by atoms with Gasteiger partial charge in [0.25, 0.3) is 0 Å². The minimum absolute atomic E-state index is 0.0462. The number of amides is 1. The molecule has 176 valence electrons. The molecule has 0 aliphatic heterocycles. The second kappa shape index (κ2) is 9.34. The van der Waals surface area contributed by atoms with Crippen molar-refractivity contribution in [2.45, 2.75) is 36.9 Å². The van der Waals surface area contributed by atoms with Crippen molar-refractivity contribution in [2.24, 2.45) is 5.92 Å². The van der Waals surface area contributed by atoms with E-state index >= 15 is 0 Å². The molecule has 5 nitrogen and oxygen atoms in total. The summed E-state index contributed by atoms with van der Waals surface area (Å²) < 4.78 is 2.07. The smallest absolute Gasteiger partial charge is 0.230 e. The summed E-state index contributed by atoms with van der Waals surface area (Å²) in [7, 11) is 0. The quantitative estimate of drug-likeness (QED) is 0.372. The van der Waals surface area contributed by atoms with Crippen LogP contribution in [0.4, 0.5) is 0 Å². The highest BCUT2D eigenvalue weighted by Crippen LogP contribution is 2.55. The van der Waals surface area contributed by atoms with Crippen LogP contribution in [0.25, 0.3) is 0 Å². The predicted molar refractivity (Wildman–Crippen MR) is 139 cm³/mol. The van der Waals surface area contributed by atoms with Gasteiger partial charge < -0.3 is 9.88 Å². The molecular weight excluding hydrogens is 452 g/mol. The standard InChI is InChI=1S/C29H28N4OS/c1-19-31-32-29(33(19)17-20-9-3-2-4-10-20)35-18-27(34)30-16-21-15-26-22-11-5-7-13-24(22)28(21)25-14-8-6-12-23(25)26/h2-14,21,26,28H,15-18H2,1H3,(H,30,34). The summed E-state index contributed by atoms with van der Waals surface area (Å²) in [5.41, 5.74) is 6.97. The Morgan fingerprint density at radius 1 is 0.914 bits per heavy atom. The van der Waals surface area contributed by atoms with Gasteiger partial charge in [0.05, 0.1) is 12.3 Å². The van der Waals surface area contributed by atoms with Gasteiger partial charge in [0, 0.05) is 18.4 Å². The number of aromatic nitrogens is 3. The average molecular weight is 481 g/mol. The maximum Gasteiger partial charge on any atom is 0.230 e. The van der Waals surface area contributed by atoms with Crippen LogP contribution in [0, 0.1) is 12.8 Å². The Labute approximate surface area is 210 Å². The third kappa shape index (κ3) is 4.16. The fraction of sp³-hybridized carbons (Fsp3) is 0.276. The van der Waals surface area contributed by atoms with E-state index in [1.165, 1.54) is 39.6 Å². The molecule has 4 aromatic rings. The highest BCUT2D eigenvalue weighted by Gasteiger charge is 2.42. The van der Waals surface area contributed by atoms with Crippen LogP contribution in [-0.4, -0.2) is 33.0 Å². The third-order valence-corrected chi connectivity index (χ3v) is 8.37. The van der Waals surface area contributed by atoms with Gasteiger partial charge in [-0.15, -0.1) is 10.2 Å². The maximum atomic E-state index is 12.8. The molecule has 1 amide bonds. The molecule has 0 spiro atoms. The topological polar surface area (TPSA) is 59.8 Å². The lowest BCUT2D eigenvalue weighted by molar-refractivity contribution is -0.118. The first-order valence-electron chi connectivity index (χ1n) is 12.2. The minimum atomic E-state index is 0.0462. The second-order valence-corrected chi connectivity index (χ2v) is 10.4. The number of fused-ring (bicyclic) bond motifs is 1. The fourth-order valence-electron chi connectivity index (χ4n) is 5.80. The molecule has 3 aliphatic carbocycles. The molecule has 35 heavy (non-hydrogen) atoms. The van der Waals surface area contributed by atoms with Crippen molar-refractivity contribution in [3.05, 3.63) is 113 Å². The van der Waals surface area contributed by atoms with Crippen LogP contribution in [0.1, 0.15) is 51.9 Å². The van der Waals surface area contributed by atoms with E-state index in [2.05, 4.69) is 80.7 Å². The number of hydrogen-bond acceptors (Lipinski definition) is 4. The molecule has 0 saturated carbocycles. The average Bonchev–Trinajstić information content (AvgIpc) is 3.25. The summed E-state index contributed by atoms with van der Waals surface area (Å²) in [4.78, 5) is 12.8. The first kappa shape index (κ1) is 22.1. The van der Waals surface area contributed by atoms with E-state index in [4.69, 9.17) is 0 Å². The predicted octanol–water partition coefficient (Wildman–Crippen LogP) is 5.14. The van der Waals surface area contributed by atoms with E-state index in [1.807, 2.05) is 25.1 Å². The van der Waals surface area contributed by atoms with Gasteiger partial charge in [-0.1, -0.05) is 90.6 Å². The van der Waals surface area contributed by atoms with Crippen molar-refractivity contribution < 1.29 is 4.79 Å². The highest BCUT2D eigenvalue weighted by atomic mass is 32.2. The van der Waals surface area contributed by atoms with Crippen LogP contribution in [0.5, 0.6) is 0 Å². The lowest BCUT2D eigenvalue weighted by Gasteiger charge is -2.45. The molecule has 1 aromatic heterocycles. The van der Waals surface area contributed by atoms with Gasteiger partial charge in [0.1, 0.15) is 5.82 Å². The van der Waals surface area contributed by atoms with Gasteiger partial charge in [0.2, 0.25) is 5.91 Å². The summed E-state index contributed by atoms with van der Waals surface area (Å²) >= 11 is 1.45. The summed E-state index contributed by atoms with van der Waals surface area (Å²) in [6, 6.07) is 27.9. The Kier molecular flexibility index (Phi) is 5.90. The molecule has 6 heteroatoms. The van der Waals surface area contributed by atoms with Gasteiger partial charge in [-0.25, -0.2) is 0 Å². The fourth-order valence-corrected chi connectivity index (χ4v) is 6.62. The Morgan fingerprint density at radius 2 is 1.54 bits per heavy atom. The summed E-state index contributed by atoms with van der Waals surface area (Å²) in [5, 5.41) is 12.6. The van der Waals surface area contributed by atoms with E-state index in [1.54, 1.807) is 0 Å². The van der Waals surface area contributed by atoms with Crippen LogP contribution in [0.15, 0.2) is 84.0 Å². The van der Waals surface area contributed by atoms with Gasteiger partial charge in [0.15, 0.2) is 5.16 Å². The van der Waals surface area contributed by atoms with Gasteiger partial charge in [-0.3, -0.25) is 4.79 Å². The Balaban J connectivity index is 1.11. The first-order valence-corrected chi connectivity index (χ1v) is 13.2. The number of thioether (sulfide) groups is 1. The molecule has 1 N–H and O–H groups in total. The lowest BCUT2D eigenvalue weighted by Crippen LogP contribution is -2.39. The number of hydrogen-bond donors (Lipinski definition) is 1. The van der Waals surface area contributed by atoms with Crippen molar-refractivity contribution in [1.82, 2.24) is 20.1 Å². The van der Waals surface area contributed by atoms with Crippen LogP contribution in [0.2, 0.25) is 0 Å². The van der Waals surface area contributed by atoms with Crippen LogP contribution in [0.3, 0.4) is 0 Å². The number of nitrogens with zero attached hydrogens (tertiary/aromatic N) is 3. The zero-order valence-electron chi connectivity index (χ0n) is 19.7. The Hall–Kier alpha value is -3.38. The SMILES string of the molecule is Cc1nnc(SCC(=O)NCC2CC3c4ccccc4C2c2ccccc23)n1Cc1ccccc1. The molecule has 0 fully saturated rings. The number of nitrogens with one attached hydrogen (secondary N) is 1. The molecule has 3 aliphatic rings. The number of benzene rings is 3. The molecule has 1 unspecified atom stereocenters. The summed E-state index contributed by atoms with van der Waals surface area (Å²) in [6.07, 6.45) is 1.08. The van der Waals surface area contributed by atoms with E-state index < -0.39 is 0 Å². The highest BCUT2D eigenvalue weighted by molar-refractivity contribution is 7.99. The molecular formula is C29H28N4OS. The molecule has 0 saturated heterocycles. The Morgan fingerprint density at radius 3 is 2.23 bits per heavy atom. The van der Waals surface area contributed by atoms with Crippen molar-refractivity contribution >= 4 is 17.7 Å². The van der Waals surface area contributed by atoms with E-state index in [0.717, 1.165) is 17.4 Å². The van der Waals surface area contributed by atoms with Crippen LogP contribution < -0.4 is 5.32 Å². The van der Waals surface area contributed by atoms with Crippen molar-refractivity contribution in [1.29, 1.82) is 0 Å². The molecule has 1 heterocycles. The molecule has 2 bridgehead atoms. The van der Waals surface area contributed by atoms with Crippen molar-refractivity contribution in [3.8, 4) is 0 Å².